The highest BCUT2D eigenvalue weighted by Gasteiger charge is 2.36. The molecular weight excluding hydrogens is 258 g/mol. The van der Waals surface area contributed by atoms with Gasteiger partial charge in [-0.25, -0.2) is 0 Å². The first-order valence-corrected chi connectivity index (χ1v) is 8.02. The minimum atomic E-state index is -0.632. The molecule has 3 heteroatoms. The van der Waals surface area contributed by atoms with Crippen LogP contribution in [-0.4, -0.2) is 30.6 Å². The van der Waals surface area contributed by atoms with Crippen molar-refractivity contribution in [2.45, 2.75) is 57.2 Å². The summed E-state index contributed by atoms with van der Waals surface area (Å²) in [5.74, 6) is 0. The highest BCUT2D eigenvalue weighted by atomic mass is 15.2. The van der Waals surface area contributed by atoms with Gasteiger partial charge in [0, 0.05) is 18.6 Å². The van der Waals surface area contributed by atoms with Gasteiger partial charge in [-0.2, -0.15) is 5.26 Å². The standard InChI is InChI=1S/C18H27N3/c1-15(2)20-18(13-19,16-9-5-4-6-10-16)14-21(3)17-11-7-8-12-17/h4-6,9-10,15,17,20H,7-8,11-12,14H2,1-3H3. The third-order valence-electron chi connectivity index (χ3n) is 4.43. The lowest BCUT2D eigenvalue weighted by molar-refractivity contribution is 0.186. The fourth-order valence-corrected chi connectivity index (χ4v) is 3.42. The molecule has 0 amide bonds. The van der Waals surface area contributed by atoms with Crippen LogP contribution in [0.5, 0.6) is 0 Å². The topological polar surface area (TPSA) is 39.1 Å². The molecule has 0 aliphatic heterocycles. The third-order valence-corrected chi connectivity index (χ3v) is 4.43. The van der Waals surface area contributed by atoms with Gasteiger partial charge in [0.2, 0.25) is 0 Å². The summed E-state index contributed by atoms with van der Waals surface area (Å²) in [6, 6.07) is 13.6. The number of rotatable bonds is 6. The average Bonchev–Trinajstić information content (AvgIpc) is 3.01. The molecule has 1 aliphatic rings. The Labute approximate surface area is 129 Å². The van der Waals surface area contributed by atoms with E-state index < -0.39 is 5.54 Å². The summed E-state index contributed by atoms with van der Waals surface area (Å²) in [4.78, 5) is 2.37. The number of nitriles is 1. The highest BCUT2D eigenvalue weighted by Crippen LogP contribution is 2.27. The van der Waals surface area contributed by atoms with Crippen LogP contribution < -0.4 is 5.32 Å². The van der Waals surface area contributed by atoms with Crippen LogP contribution in [0.3, 0.4) is 0 Å². The third kappa shape index (κ3) is 3.84. The Balaban J connectivity index is 2.24. The van der Waals surface area contributed by atoms with Crippen LogP contribution in [0, 0.1) is 11.3 Å². The quantitative estimate of drug-likeness (QED) is 0.872. The number of nitrogens with one attached hydrogen (secondary N) is 1. The van der Waals surface area contributed by atoms with E-state index in [0.29, 0.717) is 6.04 Å². The molecule has 1 aromatic rings. The van der Waals surface area contributed by atoms with Crippen LogP contribution in [0.4, 0.5) is 0 Å². The van der Waals surface area contributed by atoms with E-state index in [4.69, 9.17) is 0 Å². The second-order valence-electron chi connectivity index (χ2n) is 6.54. The fourth-order valence-electron chi connectivity index (χ4n) is 3.42. The van der Waals surface area contributed by atoms with Crippen molar-refractivity contribution in [1.82, 2.24) is 10.2 Å². The van der Waals surface area contributed by atoms with Crippen LogP contribution in [0.1, 0.15) is 45.1 Å². The Hall–Kier alpha value is -1.37. The highest BCUT2D eigenvalue weighted by molar-refractivity contribution is 5.32. The van der Waals surface area contributed by atoms with Crippen LogP contribution in [0.25, 0.3) is 0 Å². The van der Waals surface area contributed by atoms with Gasteiger partial charge in [0.05, 0.1) is 6.07 Å². The molecular formula is C18H27N3. The number of benzene rings is 1. The first-order chi connectivity index (χ1) is 10.1. The van der Waals surface area contributed by atoms with Gasteiger partial charge in [0.15, 0.2) is 0 Å². The van der Waals surface area contributed by atoms with Crippen molar-refractivity contribution in [1.29, 1.82) is 5.26 Å². The van der Waals surface area contributed by atoms with E-state index in [1.54, 1.807) is 0 Å². The molecule has 0 radical (unpaired) electrons. The molecule has 0 spiro atoms. The first kappa shape index (κ1) is 16.0. The molecule has 1 atom stereocenters. The molecule has 1 N–H and O–H groups in total. The Morgan fingerprint density at radius 1 is 1.29 bits per heavy atom. The minimum absolute atomic E-state index is 0.266. The maximum atomic E-state index is 9.93. The normalized spacial score (nSPS) is 18.9. The second kappa shape index (κ2) is 7.06. The smallest absolute Gasteiger partial charge is 0.145 e. The maximum absolute atomic E-state index is 9.93. The molecule has 0 aromatic heterocycles. The number of hydrogen-bond acceptors (Lipinski definition) is 3. The molecule has 2 rings (SSSR count). The molecule has 1 aromatic carbocycles. The molecule has 21 heavy (non-hydrogen) atoms. The predicted octanol–water partition coefficient (Wildman–Crippen LogP) is 3.28. The molecule has 1 saturated carbocycles. The van der Waals surface area contributed by atoms with E-state index in [0.717, 1.165) is 12.1 Å². The molecule has 1 aliphatic carbocycles. The molecule has 114 valence electrons. The van der Waals surface area contributed by atoms with E-state index >= 15 is 0 Å². The lowest BCUT2D eigenvalue weighted by Gasteiger charge is -2.36. The zero-order valence-corrected chi connectivity index (χ0v) is 13.5. The van der Waals surface area contributed by atoms with Crippen molar-refractivity contribution in [3.05, 3.63) is 35.9 Å². The van der Waals surface area contributed by atoms with Crippen LogP contribution >= 0.6 is 0 Å². The van der Waals surface area contributed by atoms with Crippen molar-refractivity contribution >= 4 is 0 Å². The van der Waals surface area contributed by atoms with E-state index in [9.17, 15) is 5.26 Å². The van der Waals surface area contributed by atoms with Gasteiger partial charge in [-0.15, -0.1) is 0 Å². The van der Waals surface area contributed by atoms with E-state index in [1.807, 2.05) is 18.2 Å². The minimum Gasteiger partial charge on any atom is -0.300 e. The molecule has 1 fully saturated rings. The Kier molecular flexibility index (Phi) is 5.39. The van der Waals surface area contributed by atoms with Gasteiger partial charge < -0.3 is 4.90 Å². The van der Waals surface area contributed by atoms with Crippen molar-refractivity contribution < 1.29 is 0 Å². The molecule has 0 bridgehead atoms. The van der Waals surface area contributed by atoms with E-state index in [2.05, 4.69) is 49.3 Å². The molecule has 0 heterocycles. The van der Waals surface area contributed by atoms with Crippen molar-refractivity contribution in [3.8, 4) is 6.07 Å². The van der Waals surface area contributed by atoms with E-state index in [1.165, 1.54) is 25.7 Å². The summed E-state index contributed by atoms with van der Waals surface area (Å²) in [5, 5.41) is 13.4. The van der Waals surface area contributed by atoms with E-state index in [-0.39, 0.29) is 6.04 Å². The van der Waals surface area contributed by atoms with Gasteiger partial charge in [-0.1, -0.05) is 43.2 Å². The van der Waals surface area contributed by atoms with Crippen LogP contribution in [0.2, 0.25) is 0 Å². The second-order valence-corrected chi connectivity index (χ2v) is 6.54. The first-order valence-electron chi connectivity index (χ1n) is 8.02. The summed E-state index contributed by atoms with van der Waals surface area (Å²) >= 11 is 0. The summed E-state index contributed by atoms with van der Waals surface area (Å²) in [5.41, 5.74) is 0.429. The van der Waals surface area contributed by atoms with Crippen molar-refractivity contribution in [3.63, 3.8) is 0 Å². The average molecular weight is 285 g/mol. The van der Waals surface area contributed by atoms with Gasteiger partial charge in [0.25, 0.3) is 0 Å². The zero-order chi connectivity index (χ0) is 15.3. The number of likely N-dealkylation sites (N-methyl/N-ethyl adjacent to an activating group) is 1. The molecule has 3 nitrogen and oxygen atoms in total. The van der Waals surface area contributed by atoms with Gasteiger partial charge in [-0.3, -0.25) is 5.32 Å². The Bertz CT molecular complexity index is 471. The summed E-state index contributed by atoms with van der Waals surface area (Å²) in [7, 11) is 2.16. The van der Waals surface area contributed by atoms with Gasteiger partial charge in [0.1, 0.15) is 5.54 Å². The fraction of sp³-hybridized carbons (Fsp3) is 0.611. The predicted molar refractivity (Wildman–Crippen MR) is 86.9 cm³/mol. The lowest BCUT2D eigenvalue weighted by Crippen LogP contribution is -2.53. The van der Waals surface area contributed by atoms with Crippen LogP contribution in [0.15, 0.2) is 30.3 Å². The maximum Gasteiger partial charge on any atom is 0.145 e. The van der Waals surface area contributed by atoms with Crippen molar-refractivity contribution in [2.75, 3.05) is 13.6 Å². The number of hydrogen-bond donors (Lipinski definition) is 1. The monoisotopic (exact) mass is 285 g/mol. The van der Waals surface area contributed by atoms with Crippen LogP contribution in [-0.2, 0) is 5.54 Å². The largest absolute Gasteiger partial charge is 0.300 e. The molecule has 0 saturated heterocycles. The summed E-state index contributed by atoms with van der Waals surface area (Å²) < 4.78 is 0. The lowest BCUT2D eigenvalue weighted by atomic mass is 9.89. The van der Waals surface area contributed by atoms with Gasteiger partial charge >= 0.3 is 0 Å². The number of nitrogens with zero attached hydrogens (tertiary/aromatic N) is 2. The summed E-state index contributed by atoms with van der Waals surface area (Å²) in [6.45, 7) is 4.94. The summed E-state index contributed by atoms with van der Waals surface area (Å²) in [6.07, 6.45) is 5.15. The SMILES string of the molecule is CC(C)NC(C#N)(CN(C)C1CCCC1)c1ccccc1. The zero-order valence-electron chi connectivity index (χ0n) is 13.5. The Morgan fingerprint density at radius 2 is 1.90 bits per heavy atom. The van der Waals surface area contributed by atoms with Crippen molar-refractivity contribution in [2.24, 2.45) is 0 Å². The molecule has 1 unspecified atom stereocenters. The van der Waals surface area contributed by atoms with Gasteiger partial charge in [-0.05, 0) is 39.3 Å². The Morgan fingerprint density at radius 3 is 2.43 bits per heavy atom.